The Bertz CT molecular complexity index is 1390. The average molecular weight is 482 g/mol. The smallest absolute Gasteiger partial charge is 0.274 e. The van der Waals surface area contributed by atoms with E-state index >= 15 is 0 Å². The quantitative estimate of drug-likeness (QED) is 0.226. The van der Waals surface area contributed by atoms with Gasteiger partial charge in [0.25, 0.3) is 5.91 Å². The van der Waals surface area contributed by atoms with E-state index < -0.39 is 17.5 Å². The number of nitrogens with zero attached hydrogens (tertiary/aromatic N) is 4. The normalized spacial score (nSPS) is 11.2. The molecule has 0 unspecified atom stereocenters. The number of halogens is 3. The number of rotatable bonds is 6. The Morgan fingerprint density at radius 1 is 1.21 bits per heavy atom. The molecule has 172 valence electrons. The van der Waals surface area contributed by atoms with Gasteiger partial charge in [-0.3, -0.25) is 4.79 Å². The largest absolute Gasteiger partial charge is 0.411 e. The van der Waals surface area contributed by atoms with Gasteiger partial charge < -0.3 is 10.5 Å². The first-order valence-corrected chi connectivity index (χ1v) is 10.5. The third-order valence-corrected chi connectivity index (χ3v) is 5.38. The number of benzene rings is 2. The SMILES string of the molecule is Cc1nn(-c2ncccc2Cl)c(C(=O)Nc2c(F)cc(F)cc2C=NO)c1Cc1ccccc1. The minimum Gasteiger partial charge on any atom is -0.411 e. The molecule has 0 aliphatic rings. The molecule has 2 aromatic carbocycles. The van der Waals surface area contributed by atoms with Crippen LogP contribution >= 0.6 is 11.6 Å². The summed E-state index contributed by atoms with van der Waals surface area (Å²) in [6, 6.07) is 14.2. The Morgan fingerprint density at radius 3 is 2.68 bits per heavy atom. The lowest BCUT2D eigenvalue weighted by Crippen LogP contribution is -2.21. The van der Waals surface area contributed by atoms with Crippen molar-refractivity contribution in [2.24, 2.45) is 5.16 Å². The highest BCUT2D eigenvalue weighted by Gasteiger charge is 2.26. The molecule has 0 fully saturated rings. The summed E-state index contributed by atoms with van der Waals surface area (Å²) in [7, 11) is 0. The first-order valence-electron chi connectivity index (χ1n) is 10.1. The predicted octanol–water partition coefficient (Wildman–Crippen LogP) is 5.16. The lowest BCUT2D eigenvalue weighted by molar-refractivity contribution is 0.101. The van der Waals surface area contributed by atoms with Crippen molar-refractivity contribution >= 4 is 29.4 Å². The maximum Gasteiger partial charge on any atom is 0.274 e. The standard InChI is InChI=1S/C24H18ClF2N5O2/c1-14-18(10-15-6-3-2-4-7-15)22(32(31-14)23-19(25)8-5-9-28-23)24(33)30-21-16(13-29-34)11-17(26)12-20(21)27/h2-9,11-13,34H,10H2,1H3,(H,30,33). The highest BCUT2D eigenvalue weighted by Crippen LogP contribution is 2.27. The van der Waals surface area contributed by atoms with Crippen LogP contribution in [0.3, 0.4) is 0 Å². The third kappa shape index (κ3) is 4.65. The minimum atomic E-state index is -1.04. The molecule has 34 heavy (non-hydrogen) atoms. The number of pyridine rings is 1. The Morgan fingerprint density at radius 2 is 1.97 bits per heavy atom. The molecule has 0 saturated heterocycles. The fourth-order valence-corrected chi connectivity index (χ4v) is 3.75. The van der Waals surface area contributed by atoms with Crippen LogP contribution in [0.1, 0.15) is 32.9 Å². The number of amides is 1. The van der Waals surface area contributed by atoms with Gasteiger partial charge in [-0.2, -0.15) is 5.10 Å². The minimum absolute atomic E-state index is 0.0811. The van der Waals surface area contributed by atoms with Crippen molar-refractivity contribution in [1.82, 2.24) is 14.8 Å². The molecule has 0 atom stereocenters. The molecule has 0 saturated carbocycles. The summed E-state index contributed by atoms with van der Waals surface area (Å²) in [6.07, 6.45) is 2.69. The van der Waals surface area contributed by atoms with Crippen LogP contribution in [0.4, 0.5) is 14.5 Å². The predicted molar refractivity (Wildman–Crippen MR) is 124 cm³/mol. The molecule has 2 heterocycles. The van der Waals surface area contributed by atoms with Gasteiger partial charge in [0.15, 0.2) is 5.82 Å². The van der Waals surface area contributed by atoms with Crippen LogP contribution in [-0.4, -0.2) is 32.1 Å². The van der Waals surface area contributed by atoms with Gasteiger partial charge in [0, 0.05) is 29.8 Å². The van der Waals surface area contributed by atoms with E-state index in [0.29, 0.717) is 23.7 Å². The van der Waals surface area contributed by atoms with Crippen molar-refractivity contribution in [3.63, 3.8) is 0 Å². The Hall–Kier alpha value is -4.11. The van der Waals surface area contributed by atoms with Crippen LogP contribution in [0.25, 0.3) is 5.82 Å². The van der Waals surface area contributed by atoms with Crippen LogP contribution in [0.2, 0.25) is 5.02 Å². The fourth-order valence-electron chi connectivity index (χ4n) is 3.55. The van der Waals surface area contributed by atoms with Crippen molar-refractivity contribution in [1.29, 1.82) is 0 Å². The molecule has 2 aromatic heterocycles. The van der Waals surface area contributed by atoms with E-state index in [-0.39, 0.29) is 27.8 Å². The lowest BCUT2D eigenvalue weighted by atomic mass is 10.0. The molecular formula is C24H18ClF2N5O2. The Balaban J connectivity index is 1.86. The number of nitrogens with one attached hydrogen (secondary N) is 1. The van der Waals surface area contributed by atoms with E-state index in [1.807, 2.05) is 30.3 Å². The summed E-state index contributed by atoms with van der Waals surface area (Å²) in [5, 5.41) is 18.9. The first-order chi connectivity index (χ1) is 16.4. The molecule has 7 nitrogen and oxygen atoms in total. The van der Waals surface area contributed by atoms with Crippen molar-refractivity contribution in [3.05, 3.63) is 106 Å². The van der Waals surface area contributed by atoms with Crippen LogP contribution < -0.4 is 5.32 Å². The highest BCUT2D eigenvalue weighted by molar-refractivity contribution is 6.32. The number of anilines is 1. The van der Waals surface area contributed by atoms with Gasteiger partial charge in [0.1, 0.15) is 17.3 Å². The molecular weight excluding hydrogens is 464 g/mol. The summed E-state index contributed by atoms with van der Waals surface area (Å²) in [5.41, 5.74) is 1.62. The molecule has 0 bridgehead atoms. The van der Waals surface area contributed by atoms with E-state index in [4.69, 9.17) is 16.8 Å². The van der Waals surface area contributed by atoms with Gasteiger partial charge in [0.2, 0.25) is 0 Å². The molecule has 2 N–H and O–H groups in total. The van der Waals surface area contributed by atoms with E-state index in [2.05, 4.69) is 20.6 Å². The second-order valence-electron chi connectivity index (χ2n) is 7.35. The van der Waals surface area contributed by atoms with Gasteiger partial charge in [-0.1, -0.05) is 47.1 Å². The van der Waals surface area contributed by atoms with Crippen molar-refractivity contribution < 1.29 is 18.8 Å². The maximum atomic E-state index is 14.6. The summed E-state index contributed by atoms with van der Waals surface area (Å²) >= 11 is 6.32. The molecule has 0 aliphatic carbocycles. The number of aromatic nitrogens is 3. The number of hydrogen-bond acceptors (Lipinski definition) is 5. The van der Waals surface area contributed by atoms with Crippen LogP contribution in [-0.2, 0) is 6.42 Å². The van der Waals surface area contributed by atoms with Gasteiger partial charge in [-0.05, 0) is 30.7 Å². The fraction of sp³-hybridized carbons (Fsp3) is 0.0833. The van der Waals surface area contributed by atoms with E-state index in [9.17, 15) is 13.6 Å². The number of carbonyl (C=O) groups is 1. The zero-order chi connectivity index (χ0) is 24.2. The zero-order valence-electron chi connectivity index (χ0n) is 17.8. The van der Waals surface area contributed by atoms with Gasteiger partial charge in [-0.15, -0.1) is 0 Å². The van der Waals surface area contributed by atoms with Gasteiger partial charge in [0.05, 0.1) is 22.6 Å². The summed E-state index contributed by atoms with van der Waals surface area (Å²) in [5.74, 6) is -2.44. The Kier molecular flexibility index (Phi) is 6.65. The number of carbonyl (C=O) groups excluding carboxylic acids is 1. The van der Waals surface area contributed by atoms with E-state index in [1.54, 1.807) is 19.1 Å². The van der Waals surface area contributed by atoms with Gasteiger partial charge in [-0.25, -0.2) is 18.4 Å². The second-order valence-corrected chi connectivity index (χ2v) is 7.75. The lowest BCUT2D eigenvalue weighted by Gasteiger charge is -2.13. The Labute approximate surface area is 198 Å². The molecule has 4 aromatic rings. The van der Waals surface area contributed by atoms with Crippen molar-refractivity contribution in [2.75, 3.05) is 5.32 Å². The molecule has 10 heteroatoms. The highest BCUT2D eigenvalue weighted by atomic mass is 35.5. The summed E-state index contributed by atoms with van der Waals surface area (Å²) < 4.78 is 29.6. The maximum absolute atomic E-state index is 14.6. The number of aryl methyl sites for hydroxylation is 1. The van der Waals surface area contributed by atoms with E-state index in [1.165, 1.54) is 10.9 Å². The van der Waals surface area contributed by atoms with Crippen LogP contribution in [0, 0.1) is 18.6 Å². The first kappa shape index (κ1) is 23.1. The van der Waals surface area contributed by atoms with Crippen molar-refractivity contribution in [2.45, 2.75) is 13.3 Å². The second kappa shape index (κ2) is 9.80. The van der Waals surface area contributed by atoms with Crippen molar-refractivity contribution in [3.8, 4) is 5.82 Å². The van der Waals surface area contributed by atoms with Crippen LogP contribution in [0.15, 0.2) is 65.9 Å². The van der Waals surface area contributed by atoms with E-state index in [0.717, 1.165) is 17.8 Å². The van der Waals surface area contributed by atoms with Gasteiger partial charge >= 0.3 is 0 Å². The topological polar surface area (TPSA) is 92.4 Å². The monoisotopic (exact) mass is 481 g/mol. The molecule has 0 radical (unpaired) electrons. The van der Waals surface area contributed by atoms with Crippen LogP contribution in [0.5, 0.6) is 0 Å². The molecule has 1 amide bonds. The zero-order valence-corrected chi connectivity index (χ0v) is 18.6. The molecule has 0 aliphatic heterocycles. The summed E-state index contributed by atoms with van der Waals surface area (Å²) in [6.45, 7) is 1.74. The average Bonchev–Trinajstić information content (AvgIpc) is 3.13. The summed E-state index contributed by atoms with van der Waals surface area (Å²) in [4.78, 5) is 17.8. The number of oxime groups is 1. The third-order valence-electron chi connectivity index (χ3n) is 5.08. The molecule has 4 rings (SSSR count). The molecule has 0 spiro atoms. The number of hydrogen-bond donors (Lipinski definition) is 2.